The number of azide groups is 1. The number of nitrogens with zero attached hydrogens (tertiary/aromatic N) is 9. The van der Waals surface area contributed by atoms with Crippen molar-refractivity contribution in [1.82, 2.24) is 29.6 Å². The lowest BCUT2D eigenvalue weighted by Gasteiger charge is -2.33. The molecule has 1 aliphatic heterocycles. The average molecular weight is 574 g/mol. The molecule has 2 aromatic heterocycles. The zero-order valence-corrected chi connectivity index (χ0v) is 23.5. The highest BCUT2D eigenvalue weighted by molar-refractivity contribution is 5.69. The van der Waals surface area contributed by atoms with Gasteiger partial charge in [-0.2, -0.15) is 0 Å². The van der Waals surface area contributed by atoms with E-state index in [-0.39, 0.29) is 19.6 Å². The molecule has 42 heavy (non-hydrogen) atoms. The second-order valence-electron chi connectivity index (χ2n) is 9.92. The second kappa shape index (κ2) is 16.7. The van der Waals surface area contributed by atoms with Gasteiger partial charge in [0.25, 0.3) is 0 Å². The van der Waals surface area contributed by atoms with E-state index >= 15 is 0 Å². The third kappa shape index (κ3) is 11.2. The molecule has 0 bridgehead atoms. The second-order valence-corrected chi connectivity index (χ2v) is 9.92. The fourth-order valence-electron chi connectivity index (χ4n) is 4.69. The maximum absolute atomic E-state index is 11.7. The molecule has 0 aliphatic carbocycles. The number of terminal acetylenes is 2. The highest BCUT2D eigenvalue weighted by Gasteiger charge is 2.20. The van der Waals surface area contributed by atoms with Gasteiger partial charge in [0.05, 0.1) is 31.0 Å². The molecule has 0 radical (unpaired) electrons. The van der Waals surface area contributed by atoms with Gasteiger partial charge in [-0.15, -0.1) is 12.8 Å². The summed E-state index contributed by atoms with van der Waals surface area (Å²) in [6, 6.07) is 8.99. The minimum Gasteiger partial charge on any atom is -0.480 e. The molecule has 0 atom stereocenters. The molecule has 0 amide bonds. The molecule has 0 spiro atoms. The van der Waals surface area contributed by atoms with Crippen LogP contribution >= 0.6 is 0 Å². The summed E-state index contributed by atoms with van der Waals surface area (Å²) in [6.45, 7) is 4.93. The van der Waals surface area contributed by atoms with Crippen LogP contribution in [0.5, 0.6) is 0 Å². The number of pyridine rings is 2. The molecule has 3 heterocycles. The Morgan fingerprint density at radius 3 is 1.83 bits per heavy atom. The molecule has 1 fully saturated rings. The molecule has 0 aromatic carbocycles. The maximum atomic E-state index is 11.7. The lowest BCUT2D eigenvalue weighted by molar-refractivity contribution is -0.139. The first-order chi connectivity index (χ1) is 20.3. The Kier molecular flexibility index (Phi) is 12.7. The van der Waals surface area contributed by atoms with Crippen molar-refractivity contribution in [2.75, 3.05) is 65.4 Å². The molecule has 13 nitrogen and oxygen atoms in total. The summed E-state index contributed by atoms with van der Waals surface area (Å²) in [5.74, 6) is 3.29. The standard InChI is InChI=1S/C29H35N9O4/c1-3-23-16-24(4-2)32-27(17-23)20-36-10-14-37(21-28(39)40)12-8-35(9-13-38(15-11-36)22-29(41)42)19-26-7-5-6-25(33-26)18-31-34-30/h1-2,5-7,16-17H,8-15,18-22H2,(H,39,40)(H,41,42). The van der Waals surface area contributed by atoms with Crippen LogP contribution in [0.15, 0.2) is 35.4 Å². The molecular weight excluding hydrogens is 538 g/mol. The average Bonchev–Trinajstić information content (AvgIpc) is 2.96. The minimum atomic E-state index is -0.915. The van der Waals surface area contributed by atoms with Crippen molar-refractivity contribution in [3.8, 4) is 24.7 Å². The zero-order valence-electron chi connectivity index (χ0n) is 23.5. The Bertz CT molecular complexity index is 1300. The van der Waals surface area contributed by atoms with E-state index in [1.54, 1.807) is 18.2 Å². The number of hydrogen-bond acceptors (Lipinski definition) is 9. The van der Waals surface area contributed by atoms with Gasteiger partial charge in [0.1, 0.15) is 5.69 Å². The first-order valence-corrected chi connectivity index (χ1v) is 13.5. The topological polar surface area (TPSA) is 162 Å². The van der Waals surface area contributed by atoms with Crippen molar-refractivity contribution in [3.63, 3.8) is 0 Å². The van der Waals surface area contributed by atoms with Crippen LogP contribution in [0.4, 0.5) is 0 Å². The predicted molar refractivity (Wildman–Crippen MR) is 156 cm³/mol. The van der Waals surface area contributed by atoms with Crippen molar-refractivity contribution < 1.29 is 19.8 Å². The van der Waals surface area contributed by atoms with Gasteiger partial charge >= 0.3 is 11.9 Å². The SMILES string of the molecule is C#Cc1cc(C#C)nc(CN2CCN(CC(=O)O)CCN(Cc3cccc(CN=[N+]=[N-])n3)CCN(CC(=O)O)CC2)c1. The van der Waals surface area contributed by atoms with Crippen molar-refractivity contribution in [2.45, 2.75) is 19.6 Å². The maximum Gasteiger partial charge on any atom is 0.317 e. The minimum absolute atomic E-state index is 0.112. The number of carboxylic acids is 2. The van der Waals surface area contributed by atoms with Crippen LogP contribution in [0.3, 0.4) is 0 Å². The fourth-order valence-corrected chi connectivity index (χ4v) is 4.69. The number of hydrogen-bond donors (Lipinski definition) is 2. The molecule has 3 rings (SSSR count). The van der Waals surface area contributed by atoms with Gasteiger partial charge in [-0.1, -0.05) is 23.0 Å². The Morgan fingerprint density at radius 1 is 0.810 bits per heavy atom. The van der Waals surface area contributed by atoms with Crippen LogP contribution < -0.4 is 0 Å². The van der Waals surface area contributed by atoms with E-state index in [9.17, 15) is 19.8 Å². The largest absolute Gasteiger partial charge is 0.480 e. The third-order valence-electron chi connectivity index (χ3n) is 6.77. The Hall–Kier alpha value is -4.49. The quantitative estimate of drug-likeness (QED) is 0.184. The number of rotatable bonds is 10. The predicted octanol–water partition coefficient (Wildman–Crippen LogP) is 1.34. The van der Waals surface area contributed by atoms with Gasteiger partial charge in [-0.25, -0.2) is 4.98 Å². The molecule has 2 aromatic rings. The summed E-state index contributed by atoms with van der Waals surface area (Å²) in [6.07, 6.45) is 11.2. The van der Waals surface area contributed by atoms with Gasteiger partial charge in [-0.05, 0) is 29.8 Å². The Morgan fingerprint density at radius 2 is 1.33 bits per heavy atom. The molecular formula is C29H35N9O4. The van der Waals surface area contributed by atoms with Crippen molar-refractivity contribution >= 4 is 11.9 Å². The highest BCUT2D eigenvalue weighted by atomic mass is 16.4. The summed E-state index contributed by atoms with van der Waals surface area (Å²) >= 11 is 0. The third-order valence-corrected chi connectivity index (χ3v) is 6.77. The van der Waals surface area contributed by atoms with Crippen LogP contribution in [0.25, 0.3) is 10.4 Å². The van der Waals surface area contributed by atoms with E-state index in [2.05, 4.69) is 41.6 Å². The summed E-state index contributed by atoms with van der Waals surface area (Å²) in [5.41, 5.74) is 11.8. The molecule has 0 unspecified atom stereocenters. The van der Waals surface area contributed by atoms with Crippen molar-refractivity contribution in [2.24, 2.45) is 5.11 Å². The van der Waals surface area contributed by atoms with Gasteiger partial charge in [0.2, 0.25) is 0 Å². The van der Waals surface area contributed by atoms with Gasteiger partial charge in [-0.3, -0.25) is 34.2 Å². The Balaban J connectivity index is 1.80. The van der Waals surface area contributed by atoms with E-state index in [4.69, 9.17) is 18.4 Å². The van der Waals surface area contributed by atoms with Gasteiger partial charge < -0.3 is 10.2 Å². The Labute approximate surface area is 245 Å². The van der Waals surface area contributed by atoms with Gasteiger partial charge in [0, 0.05) is 81.6 Å². The van der Waals surface area contributed by atoms with E-state index < -0.39 is 11.9 Å². The number of carbonyl (C=O) groups is 2. The summed E-state index contributed by atoms with van der Waals surface area (Å²) in [5, 5.41) is 22.7. The van der Waals surface area contributed by atoms with E-state index in [0.29, 0.717) is 88.1 Å². The van der Waals surface area contributed by atoms with E-state index in [1.807, 2.05) is 21.9 Å². The summed E-state index contributed by atoms with van der Waals surface area (Å²) in [7, 11) is 0. The highest BCUT2D eigenvalue weighted by Crippen LogP contribution is 2.11. The zero-order chi connectivity index (χ0) is 30.3. The van der Waals surface area contributed by atoms with Crippen molar-refractivity contribution in [1.29, 1.82) is 0 Å². The van der Waals surface area contributed by atoms with Crippen LogP contribution in [0, 0.1) is 24.7 Å². The van der Waals surface area contributed by atoms with E-state index in [1.165, 1.54) is 0 Å². The molecule has 2 N–H and O–H groups in total. The molecule has 1 aliphatic rings. The van der Waals surface area contributed by atoms with E-state index in [0.717, 1.165) is 5.69 Å². The molecule has 0 saturated carbocycles. The molecule has 220 valence electrons. The lowest BCUT2D eigenvalue weighted by Crippen LogP contribution is -2.47. The van der Waals surface area contributed by atoms with Crippen LogP contribution in [-0.4, -0.2) is 117 Å². The lowest BCUT2D eigenvalue weighted by atomic mass is 10.2. The monoisotopic (exact) mass is 573 g/mol. The number of aliphatic carboxylic acids is 2. The van der Waals surface area contributed by atoms with Crippen molar-refractivity contribution in [3.05, 3.63) is 69.1 Å². The number of carboxylic acid groups (broad SMARTS) is 2. The first-order valence-electron chi connectivity index (χ1n) is 13.5. The summed E-state index contributed by atoms with van der Waals surface area (Å²) in [4.78, 5) is 43.3. The normalized spacial score (nSPS) is 16.2. The van der Waals surface area contributed by atoms with Crippen LogP contribution in [-0.2, 0) is 29.2 Å². The fraction of sp³-hybridized carbons (Fsp3) is 0.448. The molecule has 13 heteroatoms. The van der Waals surface area contributed by atoms with Crippen LogP contribution in [0.1, 0.15) is 28.3 Å². The first kappa shape index (κ1) is 32.0. The number of aromatic nitrogens is 2. The molecule has 1 saturated heterocycles. The smallest absolute Gasteiger partial charge is 0.317 e. The van der Waals surface area contributed by atoms with Gasteiger partial charge in [0.15, 0.2) is 0 Å². The summed E-state index contributed by atoms with van der Waals surface area (Å²) < 4.78 is 0. The van der Waals surface area contributed by atoms with Crippen LogP contribution in [0.2, 0.25) is 0 Å².